The number of nitrogens with two attached hydrogens (primary N) is 1. The number of nitrogens with zero attached hydrogens (tertiary/aromatic N) is 1. The zero-order valence-corrected chi connectivity index (χ0v) is 11.0. The number of phenols is 1. The smallest absolute Gasteiger partial charge is 0.275 e. The van der Waals surface area contributed by atoms with Crippen LogP contribution in [-0.4, -0.2) is 16.7 Å². The Morgan fingerprint density at radius 1 is 1.20 bits per heavy atom. The molecule has 5 heteroatoms. The molecule has 5 nitrogen and oxygen atoms in total. The van der Waals surface area contributed by atoms with E-state index in [1.54, 1.807) is 31.2 Å². The van der Waals surface area contributed by atoms with Gasteiger partial charge in [-0.15, -0.1) is 0 Å². The number of hydrogen-bond donors (Lipinski definition) is 3. The molecule has 102 valence electrons. The van der Waals surface area contributed by atoms with Gasteiger partial charge < -0.3 is 10.8 Å². The maximum Gasteiger partial charge on any atom is 0.275 e. The lowest BCUT2D eigenvalue weighted by Gasteiger charge is -2.05. The predicted octanol–water partition coefficient (Wildman–Crippen LogP) is 2.13. The molecule has 0 atom stereocenters. The molecule has 0 saturated heterocycles. The number of benzene rings is 2. The number of para-hydroxylation sites is 1. The highest BCUT2D eigenvalue weighted by molar-refractivity contribution is 6.01. The lowest BCUT2D eigenvalue weighted by atomic mass is 10.1. The van der Waals surface area contributed by atoms with Crippen LogP contribution in [-0.2, 0) is 0 Å². The van der Waals surface area contributed by atoms with Gasteiger partial charge in [-0.05, 0) is 36.8 Å². The Morgan fingerprint density at radius 2 is 1.95 bits per heavy atom. The lowest BCUT2D eigenvalue weighted by Crippen LogP contribution is -2.19. The summed E-state index contributed by atoms with van der Waals surface area (Å²) in [6.07, 6.45) is 0. The van der Waals surface area contributed by atoms with E-state index in [9.17, 15) is 9.90 Å². The van der Waals surface area contributed by atoms with E-state index in [1.807, 2.05) is 12.1 Å². The van der Waals surface area contributed by atoms with E-state index < -0.39 is 5.91 Å². The summed E-state index contributed by atoms with van der Waals surface area (Å²) >= 11 is 0. The normalized spacial score (nSPS) is 11.2. The number of phenolic OH excluding ortho intramolecular Hbond substituents is 1. The second-order valence-electron chi connectivity index (χ2n) is 4.28. The summed E-state index contributed by atoms with van der Waals surface area (Å²) in [5, 5.41) is 13.6. The van der Waals surface area contributed by atoms with Crippen LogP contribution in [0.4, 0.5) is 5.69 Å². The van der Waals surface area contributed by atoms with Crippen LogP contribution < -0.4 is 11.2 Å². The van der Waals surface area contributed by atoms with Crippen molar-refractivity contribution in [2.24, 2.45) is 5.10 Å². The molecular formula is C15H15N3O2. The Kier molecular flexibility index (Phi) is 4.00. The van der Waals surface area contributed by atoms with Gasteiger partial charge in [0.05, 0.1) is 11.3 Å². The number of amides is 1. The second-order valence-corrected chi connectivity index (χ2v) is 4.28. The summed E-state index contributed by atoms with van der Waals surface area (Å²) < 4.78 is 0. The van der Waals surface area contributed by atoms with Crippen molar-refractivity contribution in [1.29, 1.82) is 0 Å². The molecule has 20 heavy (non-hydrogen) atoms. The molecule has 0 bridgehead atoms. The Balaban J connectivity index is 2.13. The van der Waals surface area contributed by atoms with Crippen LogP contribution in [0.25, 0.3) is 0 Å². The van der Waals surface area contributed by atoms with Crippen molar-refractivity contribution in [3.8, 4) is 5.75 Å². The lowest BCUT2D eigenvalue weighted by molar-refractivity contribution is 0.0952. The van der Waals surface area contributed by atoms with Crippen molar-refractivity contribution in [3.05, 3.63) is 59.7 Å². The molecular weight excluding hydrogens is 254 g/mol. The van der Waals surface area contributed by atoms with Crippen LogP contribution in [0.3, 0.4) is 0 Å². The summed E-state index contributed by atoms with van der Waals surface area (Å²) in [7, 11) is 0. The molecule has 2 aromatic carbocycles. The molecule has 2 rings (SSSR count). The van der Waals surface area contributed by atoms with Gasteiger partial charge in [0.2, 0.25) is 0 Å². The Morgan fingerprint density at radius 3 is 2.65 bits per heavy atom. The minimum absolute atomic E-state index is 0.0817. The molecule has 0 radical (unpaired) electrons. The van der Waals surface area contributed by atoms with Crippen LogP contribution in [0.15, 0.2) is 53.6 Å². The van der Waals surface area contributed by atoms with Gasteiger partial charge in [0, 0.05) is 5.69 Å². The molecule has 0 heterocycles. The third kappa shape index (κ3) is 3.14. The first-order chi connectivity index (χ1) is 9.58. The predicted molar refractivity (Wildman–Crippen MR) is 78.6 cm³/mol. The second kappa shape index (κ2) is 5.88. The molecule has 0 aliphatic rings. The first-order valence-corrected chi connectivity index (χ1v) is 6.06. The van der Waals surface area contributed by atoms with Gasteiger partial charge in [-0.2, -0.15) is 5.10 Å². The van der Waals surface area contributed by atoms with Crippen molar-refractivity contribution in [2.45, 2.75) is 6.92 Å². The molecule has 0 spiro atoms. The molecule has 0 unspecified atom stereocenters. The summed E-state index contributed by atoms with van der Waals surface area (Å²) in [6, 6.07) is 13.5. The average Bonchev–Trinajstić information content (AvgIpc) is 2.45. The number of nitrogen functional groups attached to an aromatic ring is 1. The maximum atomic E-state index is 11.9. The van der Waals surface area contributed by atoms with E-state index in [0.29, 0.717) is 11.4 Å². The van der Waals surface area contributed by atoms with Crippen molar-refractivity contribution in [1.82, 2.24) is 5.43 Å². The summed E-state index contributed by atoms with van der Waals surface area (Å²) in [6.45, 7) is 1.76. The van der Waals surface area contributed by atoms with Crippen LogP contribution >= 0.6 is 0 Å². The summed E-state index contributed by atoms with van der Waals surface area (Å²) in [5.41, 5.74) is 10.3. The minimum atomic E-state index is -0.466. The van der Waals surface area contributed by atoms with Gasteiger partial charge >= 0.3 is 0 Å². The number of nitrogens with one attached hydrogen (secondary N) is 1. The van der Waals surface area contributed by atoms with Crippen LogP contribution in [0.1, 0.15) is 22.8 Å². The summed E-state index contributed by atoms with van der Waals surface area (Å²) in [4.78, 5) is 11.9. The Bertz CT molecular complexity index is 666. The number of hydrogen-bond acceptors (Lipinski definition) is 4. The largest absolute Gasteiger partial charge is 0.507 e. The van der Waals surface area contributed by atoms with Crippen molar-refractivity contribution in [2.75, 3.05) is 5.73 Å². The van der Waals surface area contributed by atoms with Crippen LogP contribution in [0, 0.1) is 0 Å². The summed E-state index contributed by atoms with van der Waals surface area (Å²) in [5.74, 6) is -0.548. The Labute approximate surface area is 116 Å². The standard InChI is InChI=1S/C15H15N3O2/c1-10(11-5-4-6-12(16)9-11)17-18-15(20)13-7-2-3-8-14(13)19/h2-9,19H,16H2,1H3,(H,18,20)/b17-10-. The van der Waals surface area contributed by atoms with E-state index >= 15 is 0 Å². The number of carbonyl (C=O) groups is 1. The highest BCUT2D eigenvalue weighted by Crippen LogP contribution is 2.15. The van der Waals surface area contributed by atoms with Gasteiger partial charge in [-0.25, -0.2) is 5.43 Å². The van der Waals surface area contributed by atoms with E-state index in [4.69, 9.17) is 5.73 Å². The molecule has 0 fully saturated rings. The molecule has 1 amide bonds. The van der Waals surface area contributed by atoms with E-state index in [1.165, 1.54) is 12.1 Å². The van der Waals surface area contributed by atoms with E-state index in [2.05, 4.69) is 10.5 Å². The fraction of sp³-hybridized carbons (Fsp3) is 0.0667. The van der Waals surface area contributed by atoms with Gasteiger partial charge in [0.25, 0.3) is 5.91 Å². The molecule has 0 aromatic heterocycles. The van der Waals surface area contributed by atoms with Crippen LogP contribution in [0.5, 0.6) is 5.75 Å². The Hall–Kier alpha value is -2.82. The highest BCUT2D eigenvalue weighted by Gasteiger charge is 2.09. The van der Waals surface area contributed by atoms with Crippen molar-refractivity contribution >= 4 is 17.3 Å². The fourth-order valence-electron chi connectivity index (χ4n) is 1.69. The topological polar surface area (TPSA) is 87.7 Å². The fourth-order valence-corrected chi connectivity index (χ4v) is 1.69. The molecule has 0 aliphatic heterocycles. The zero-order chi connectivity index (χ0) is 14.5. The van der Waals surface area contributed by atoms with E-state index in [-0.39, 0.29) is 11.3 Å². The van der Waals surface area contributed by atoms with E-state index in [0.717, 1.165) is 5.56 Å². The van der Waals surface area contributed by atoms with Gasteiger partial charge in [0.1, 0.15) is 5.75 Å². The third-order valence-corrected chi connectivity index (χ3v) is 2.78. The molecule has 0 aliphatic carbocycles. The van der Waals surface area contributed by atoms with Gasteiger partial charge in [-0.1, -0.05) is 24.3 Å². The maximum absolute atomic E-state index is 11.9. The number of rotatable bonds is 3. The first kappa shape index (κ1) is 13.6. The van der Waals surface area contributed by atoms with Gasteiger partial charge in [0.15, 0.2) is 0 Å². The van der Waals surface area contributed by atoms with Gasteiger partial charge in [-0.3, -0.25) is 4.79 Å². The number of hydrazone groups is 1. The van der Waals surface area contributed by atoms with Crippen molar-refractivity contribution < 1.29 is 9.90 Å². The molecule has 4 N–H and O–H groups in total. The van der Waals surface area contributed by atoms with Crippen LogP contribution in [0.2, 0.25) is 0 Å². The number of anilines is 1. The highest BCUT2D eigenvalue weighted by atomic mass is 16.3. The SMILES string of the molecule is C/C(=N/NC(=O)c1ccccc1O)c1cccc(N)c1. The zero-order valence-electron chi connectivity index (χ0n) is 11.0. The average molecular weight is 269 g/mol. The molecule has 2 aromatic rings. The monoisotopic (exact) mass is 269 g/mol. The number of aromatic hydroxyl groups is 1. The molecule has 0 saturated carbocycles. The first-order valence-electron chi connectivity index (χ1n) is 6.06. The van der Waals surface area contributed by atoms with Crippen molar-refractivity contribution in [3.63, 3.8) is 0 Å². The minimum Gasteiger partial charge on any atom is -0.507 e. The third-order valence-electron chi connectivity index (χ3n) is 2.78. The quantitative estimate of drug-likeness (QED) is 0.453. The number of carbonyl (C=O) groups excluding carboxylic acids is 1.